The molecule has 0 radical (unpaired) electrons. The third kappa shape index (κ3) is 3.58. The number of amides is 2. The molecule has 0 unspecified atom stereocenters. The van der Waals surface area contributed by atoms with E-state index in [0.29, 0.717) is 11.3 Å². The molecule has 0 aliphatic rings. The highest BCUT2D eigenvalue weighted by Gasteiger charge is 2.07. The van der Waals surface area contributed by atoms with Crippen molar-refractivity contribution in [3.63, 3.8) is 0 Å². The summed E-state index contributed by atoms with van der Waals surface area (Å²) in [5.41, 5.74) is 6.01. The van der Waals surface area contributed by atoms with Gasteiger partial charge >= 0.3 is 0 Å². The Bertz CT molecular complexity index is 630. The number of nitrogens with one attached hydrogen (secondary N) is 2. The van der Waals surface area contributed by atoms with Crippen molar-refractivity contribution in [3.05, 3.63) is 65.6 Å². The average Bonchev–Trinajstić information content (AvgIpc) is 2.96. The number of hydrogen-bond acceptors (Lipinski definition) is 3. The summed E-state index contributed by atoms with van der Waals surface area (Å²) in [5, 5.41) is 0. The van der Waals surface area contributed by atoms with Crippen LogP contribution in [0.25, 0.3) is 6.08 Å². The molecule has 0 fully saturated rings. The van der Waals surface area contributed by atoms with Gasteiger partial charge in [0, 0.05) is 11.6 Å². The number of hydrazine groups is 1. The van der Waals surface area contributed by atoms with Crippen molar-refractivity contribution in [2.75, 3.05) is 0 Å². The fraction of sp³-hybridized carbons (Fsp3) is 0.0667. The van der Waals surface area contributed by atoms with Crippen molar-refractivity contribution in [2.24, 2.45) is 0 Å². The van der Waals surface area contributed by atoms with E-state index >= 15 is 0 Å². The zero-order chi connectivity index (χ0) is 14.4. The lowest BCUT2D eigenvalue weighted by molar-refractivity contribution is -0.117. The van der Waals surface area contributed by atoms with Gasteiger partial charge in [-0.25, -0.2) is 0 Å². The lowest BCUT2D eigenvalue weighted by Gasteiger charge is -2.07. The predicted octanol–water partition coefficient (Wildman–Crippen LogP) is 2.06. The number of carbonyl (C=O) groups is 2. The molecule has 2 N–H and O–H groups in total. The standard InChI is InChI=1S/C15H14N2O3/c1-11-5-2-3-7-13(11)15(19)17-16-14(18)9-8-12-6-4-10-20-12/h2-10H,1H3,(H,16,18)(H,17,19)/b9-8+. The van der Waals surface area contributed by atoms with Gasteiger partial charge in [0.2, 0.25) is 0 Å². The Labute approximate surface area is 116 Å². The Morgan fingerprint density at radius 2 is 1.90 bits per heavy atom. The molecule has 0 aliphatic heterocycles. The van der Waals surface area contributed by atoms with Gasteiger partial charge in [0.05, 0.1) is 6.26 Å². The van der Waals surface area contributed by atoms with E-state index in [-0.39, 0.29) is 5.91 Å². The van der Waals surface area contributed by atoms with Gasteiger partial charge in [-0.1, -0.05) is 18.2 Å². The second-order valence-corrected chi connectivity index (χ2v) is 4.11. The van der Waals surface area contributed by atoms with Crippen LogP contribution in [0.3, 0.4) is 0 Å². The molecule has 1 aromatic carbocycles. The molecular weight excluding hydrogens is 256 g/mol. The van der Waals surface area contributed by atoms with Crippen LogP contribution in [0.5, 0.6) is 0 Å². The molecule has 5 heteroatoms. The van der Waals surface area contributed by atoms with Gasteiger partial charge in [0.25, 0.3) is 11.8 Å². The van der Waals surface area contributed by atoms with Crippen molar-refractivity contribution < 1.29 is 14.0 Å². The van der Waals surface area contributed by atoms with E-state index in [0.717, 1.165) is 5.56 Å². The van der Waals surface area contributed by atoms with Crippen molar-refractivity contribution in [2.45, 2.75) is 6.92 Å². The van der Waals surface area contributed by atoms with Crippen LogP contribution in [0.15, 0.2) is 53.2 Å². The van der Waals surface area contributed by atoms with E-state index < -0.39 is 5.91 Å². The maximum absolute atomic E-state index is 11.8. The number of hydrogen-bond donors (Lipinski definition) is 2. The van der Waals surface area contributed by atoms with Crippen LogP contribution < -0.4 is 10.9 Å². The van der Waals surface area contributed by atoms with Crippen LogP contribution in [0.2, 0.25) is 0 Å². The zero-order valence-electron chi connectivity index (χ0n) is 10.9. The Kier molecular flexibility index (Phi) is 4.34. The number of rotatable bonds is 3. The maximum atomic E-state index is 11.8. The summed E-state index contributed by atoms with van der Waals surface area (Å²) in [7, 11) is 0. The van der Waals surface area contributed by atoms with Crippen molar-refractivity contribution >= 4 is 17.9 Å². The summed E-state index contributed by atoms with van der Waals surface area (Å²) in [5.74, 6) is -0.239. The van der Waals surface area contributed by atoms with Crippen LogP contribution in [-0.4, -0.2) is 11.8 Å². The molecule has 5 nitrogen and oxygen atoms in total. The van der Waals surface area contributed by atoms with Gasteiger partial charge in [-0.15, -0.1) is 0 Å². The van der Waals surface area contributed by atoms with Crippen molar-refractivity contribution in [1.82, 2.24) is 10.9 Å². The van der Waals surface area contributed by atoms with Crippen LogP contribution in [-0.2, 0) is 4.79 Å². The van der Waals surface area contributed by atoms with Crippen LogP contribution in [0.4, 0.5) is 0 Å². The minimum atomic E-state index is -0.441. The number of benzene rings is 1. The second kappa shape index (κ2) is 6.38. The Morgan fingerprint density at radius 1 is 1.10 bits per heavy atom. The highest BCUT2D eigenvalue weighted by Crippen LogP contribution is 2.06. The number of aryl methyl sites for hydroxylation is 1. The highest BCUT2D eigenvalue weighted by molar-refractivity contribution is 5.98. The minimum absolute atomic E-state index is 0.358. The lowest BCUT2D eigenvalue weighted by Crippen LogP contribution is -2.41. The number of furan rings is 1. The van der Waals surface area contributed by atoms with Crippen molar-refractivity contribution in [3.8, 4) is 0 Å². The molecule has 2 aromatic rings. The summed E-state index contributed by atoms with van der Waals surface area (Å²) in [4.78, 5) is 23.3. The average molecular weight is 270 g/mol. The third-order valence-electron chi connectivity index (χ3n) is 2.63. The topological polar surface area (TPSA) is 71.3 Å². The van der Waals surface area contributed by atoms with Gasteiger partial charge in [-0.2, -0.15) is 0 Å². The van der Waals surface area contributed by atoms with Gasteiger partial charge in [-0.05, 0) is 36.8 Å². The first-order valence-corrected chi connectivity index (χ1v) is 6.04. The van der Waals surface area contributed by atoms with E-state index in [1.165, 1.54) is 18.4 Å². The molecule has 0 saturated carbocycles. The summed E-state index contributed by atoms with van der Waals surface area (Å²) in [6, 6.07) is 10.6. The quantitative estimate of drug-likeness (QED) is 0.662. The molecule has 2 rings (SSSR count). The van der Waals surface area contributed by atoms with Crippen LogP contribution >= 0.6 is 0 Å². The maximum Gasteiger partial charge on any atom is 0.269 e. The Hall–Kier alpha value is -2.82. The summed E-state index contributed by atoms with van der Waals surface area (Å²) in [6.45, 7) is 1.83. The normalized spacial score (nSPS) is 10.4. The molecule has 102 valence electrons. The smallest absolute Gasteiger partial charge is 0.269 e. The predicted molar refractivity (Wildman–Crippen MR) is 74.5 cm³/mol. The third-order valence-corrected chi connectivity index (χ3v) is 2.63. The fourth-order valence-corrected chi connectivity index (χ4v) is 1.60. The second-order valence-electron chi connectivity index (χ2n) is 4.11. The molecule has 0 bridgehead atoms. The van der Waals surface area contributed by atoms with E-state index in [1.54, 1.807) is 24.3 Å². The molecule has 1 aromatic heterocycles. The molecule has 0 aliphatic carbocycles. The highest BCUT2D eigenvalue weighted by atomic mass is 16.3. The molecule has 1 heterocycles. The lowest BCUT2D eigenvalue weighted by atomic mass is 10.1. The SMILES string of the molecule is Cc1ccccc1C(=O)NNC(=O)/C=C/c1ccco1. The van der Waals surface area contributed by atoms with E-state index in [1.807, 2.05) is 19.1 Å². The molecule has 2 amide bonds. The fourth-order valence-electron chi connectivity index (χ4n) is 1.60. The van der Waals surface area contributed by atoms with Crippen LogP contribution in [0, 0.1) is 6.92 Å². The Morgan fingerprint density at radius 3 is 2.60 bits per heavy atom. The van der Waals surface area contributed by atoms with E-state index in [2.05, 4.69) is 10.9 Å². The van der Waals surface area contributed by atoms with Gasteiger partial charge in [-0.3, -0.25) is 20.4 Å². The zero-order valence-corrected chi connectivity index (χ0v) is 10.9. The molecule has 0 saturated heterocycles. The minimum Gasteiger partial charge on any atom is -0.465 e. The van der Waals surface area contributed by atoms with E-state index in [4.69, 9.17) is 4.42 Å². The molecule has 0 spiro atoms. The number of carbonyl (C=O) groups excluding carboxylic acids is 2. The van der Waals surface area contributed by atoms with Gasteiger partial charge in [0.15, 0.2) is 0 Å². The molecule has 0 atom stereocenters. The van der Waals surface area contributed by atoms with Gasteiger partial charge < -0.3 is 4.42 Å². The molecule has 20 heavy (non-hydrogen) atoms. The Balaban J connectivity index is 1.87. The van der Waals surface area contributed by atoms with Crippen LogP contribution in [0.1, 0.15) is 21.7 Å². The largest absolute Gasteiger partial charge is 0.465 e. The van der Waals surface area contributed by atoms with E-state index in [9.17, 15) is 9.59 Å². The summed E-state index contributed by atoms with van der Waals surface area (Å²) < 4.78 is 5.04. The van der Waals surface area contributed by atoms with Gasteiger partial charge in [0.1, 0.15) is 5.76 Å². The first kappa shape index (κ1) is 13.6. The molecular formula is C15H14N2O3. The first-order chi connectivity index (χ1) is 9.66. The summed E-state index contributed by atoms with van der Waals surface area (Å²) >= 11 is 0. The first-order valence-electron chi connectivity index (χ1n) is 6.04. The van der Waals surface area contributed by atoms with Crippen molar-refractivity contribution in [1.29, 1.82) is 0 Å². The summed E-state index contributed by atoms with van der Waals surface area (Å²) in [6.07, 6.45) is 4.30. The monoisotopic (exact) mass is 270 g/mol.